The molecule has 0 aliphatic heterocycles. The average Bonchev–Trinajstić information content (AvgIpc) is 2.81. The molecule has 0 spiro atoms. The third kappa shape index (κ3) is 4.12. The van der Waals surface area contributed by atoms with Gasteiger partial charge in [-0.1, -0.05) is 0 Å². The SMILES string of the molecule is Cc1nc(C)c(C#N)s1.Cc1nc(C)c(C(N)=O)s1. The van der Waals surface area contributed by atoms with Crippen molar-refractivity contribution >= 4 is 28.6 Å². The molecule has 19 heavy (non-hydrogen) atoms. The van der Waals surface area contributed by atoms with Crippen LogP contribution in [0.3, 0.4) is 0 Å². The molecule has 100 valence electrons. The highest BCUT2D eigenvalue weighted by atomic mass is 32.1. The summed E-state index contributed by atoms with van der Waals surface area (Å²) in [5.74, 6) is -0.386. The highest BCUT2D eigenvalue weighted by Crippen LogP contribution is 2.15. The Morgan fingerprint density at radius 1 is 1.11 bits per heavy atom. The van der Waals surface area contributed by atoms with Crippen molar-refractivity contribution in [3.05, 3.63) is 31.2 Å². The largest absolute Gasteiger partial charge is 0.365 e. The van der Waals surface area contributed by atoms with Gasteiger partial charge < -0.3 is 5.73 Å². The normalized spacial score (nSPS) is 9.42. The standard InChI is InChI=1S/C6H8N2OS.C6H6N2S/c1-3-5(6(7)9)10-4(2)8-3;1-4-6(3-7)9-5(2)8-4/h1-2H3,(H2,7,9);1-2H3. The predicted octanol–water partition coefficient (Wildman–Crippen LogP) is 2.49. The molecule has 0 saturated carbocycles. The maximum Gasteiger partial charge on any atom is 0.260 e. The zero-order valence-corrected chi connectivity index (χ0v) is 12.8. The summed E-state index contributed by atoms with van der Waals surface area (Å²) in [6, 6.07) is 2.07. The fourth-order valence-electron chi connectivity index (χ4n) is 1.39. The van der Waals surface area contributed by atoms with Crippen LogP contribution < -0.4 is 5.73 Å². The molecule has 0 aromatic carbocycles. The maximum absolute atomic E-state index is 10.6. The lowest BCUT2D eigenvalue weighted by molar-refractivity contribution is 0.100. The molecule has 0 saturated heterocycles. The summed E-state index contributed by atoms with van der Waals surface area (Å²) in [7, 11) is 0. The van der Waals surface area contributed by atoms with Crippen LogP contribution in [-0.2, 0) is 0 Å². The number of aromatic nitrogens is 2. The van der Waals surface area contributed by atoms with E-state index in [9.17, 15) is 4.79 Å². The summed E-state index contributed by atoms with van der Waals surface area (Å²) in [6.45, 7) is 7.38. The van der Waals surface area contributed by atoms with Crippen molar-refractivity contribution < 1.29 is 4.79 Å². The minimum absolute atomic E-state index is 0.386. The van der Waals surface area contributed by atoms with Gasteiger partial charge in [-0.05, 0) is 27.7 Å². The molecule has 0 aliphatic carbocycles. The number of carbonyl (C=O) groups excluding carboxylic acids is 1. The molecular weight excluding hydrogens is 280 g/mol. The van der Waals surface area contributed by atoms with Crippen molar-refractivity contribution in [1.29, 1.82) is 5.26 Å². The molecule has 1 amide bonds. The molecule has 0 aliphatic rings. The first-order valence-corrected chi connectivity index (χ1v) is 7.06. The zero-order valence-electron chi connectivity index (χ0n) is 11.1. The van der Waals surface area contributed by atoms with Gasteiger partial charge in [0, 0.05) is 0 Å². The Hall–Kier alpha value is -1.78. The molecule has 7 heteroatoms. The Balaban J connectivity index is 0.000000191. The topological polar surface area (TPSA) is 92.7 Å². The van der Waals surface area contributed by atoms with Crippen molar-refractivity contribution in [3.63, 3.8) is 0 Å². The highest BCUT2D eigenvalue weighted by molar-refractivity contribution is 7.13. The number of aryl methyl sites for hydroxylation is 4. The minimum Gasteiger partial charge on any atom is -0.365 e. The Bertz CT molecular complexity index is 637. The number of rotatable bonds is 1. The van der Waals surface area contributed by atoms with Crippen LogP contribution in [-0.4, -0.2) is 15.9 Å². The van der Waals surface area contributed by atoms with E-state index in [4.69, 9.17) is 11.0 Å². The van der Waals surface area contributed by atoms with Gasteiger partial charge in [0.2, 0.25) is 0 Å². The highest BCUT2D eigenvalue weighted by Gasteiger charge is 2.08. The van der Waals surface area contributed by atoms with Crippen LogP contribution >= 0.6 is 22.7 Å². The van der Waals surface area contributed by atoms with Crippen LogP contribution in [0.2, 0.25) is 0 Å². The Morgan fingerprint density at radius 3 is 1.84 bits per heavy atom. The lowest BCUT2D eigenvalue weighted by atomic mass is 10.4. The molecule has 0 radical (unpaired) electrons. The molecule has 0 atom stereocenters. The summed E-state index contributed by atoms with van der Waals surface area (Å²) in [5, 5.41) is 10.3. The average molecular weight is 294 g/mol. The van der Waals surface area contributed by atoms with Gasteiger partial charge in [-0.25, -0.2) is 9.97 Å². The van der Waals surface area contributed by atoms with Crippen LogP contribution in [0.4, 0.5) is 0 Å². The Morgan fingerprint density at radius 2 is 1.63 bits per heavy atom. The van der Waals surface area contributed by atoms with Crippen LogP contribution in [0.25, 0.3) is 0 Å². The van der Waals surface area contributed by atoms with Crippen molar-refractivity contribution in [1.82, 2.24) is 9.97 Å². The zero-order chi connectivity index (χ0) is 14.6. The number of nitriles is 1. The van der Waals surface area contributed by atoms with Crippen molar-refractivity contribution in [2.24, 2.45) is 5.73 Å². The van der Waals surface area contributed by atoms with E-state index < -0.39 is 0 Å². The second kappa shape index (κ2) is 6.41. The van der Waals surface area contributed by atoms with Crippen LogP contribution in [0, 0.1) is 39.0 Å². The van der Waals surface area contributed by atoms with E-state index in [2.05, 4.69) is 16.0 Å². The number of hydrogen-bond acceptors (Lipinski definition) is 6. The van der Waals surface area contributed by atoms with E-state index in [1.54, 1.807) is 6.92 Å². The molecule has 0 unspecified atom stereocenters. The van der Waals surface area contributed by atoms with E-state index >= 15 is 0 Å². The third-order valence-corrected chi connectivity index (χ3v) is 4.20. The van der Waals surface area contributed by atoms with E-state index in [1.807, 2.05) is 20.8 Å². The van der Waals surface area contributed by atoms with Gasteiger partial charge in [0.1, 0.15) is 15.8 Å². The summed E-state index contributed by atoms with van der Waals surface area (Å²) < 4.78 is 0. The van der Waals surface area contributed by atoms with Gasteiger partial charge in [-0.15, -0.1) is 22.7 Å². The lowest BCUT2D eigenvalue weighted by Crippen LogP contribution is -2.09. The van der Waals surface area contributed by atoms with Gasteiger partial charge in [0.15, 0.2) is 0 Å². The van der Waals surface area contributed by atoms with Gasteiger partial charge >= 0.3 is 0 Å². The van der Waals surface area contributed by atoms with Crippen LogP contribution in [0.1, 0.15) is 36.0 Å². The monoisotopic (exact) mass is 294 g/mol. The smallest absolute Gasteiger partial charge is 0.260 e. The van der Waals surface area contributed by atoms with Crippen molar-refractivity contribution in [3.8, 4) is 6.07 Å². The second-order valence-electron chi connectivity index (χ2n) is 3.77. The fourth-order valence-corrected chi connectivity index (χ4v) is 2.88. The summed E-state index contributed by atoms with van der Waals surface area (Å²) in [6.07, 6.45) is 0. The number of nitrogens with zero attached hydrogens (tertiary/aromatic N) is 3. The Labute approximate surface area is 119 Å². The second-order valence-corrected chi connectivity index (χ2v) is 6.18. The Kier molecular flexibility index (Phi) is 5.15. The number of nitrogens with two attached hydrogens (primary N) is 1. The number of hydrogen-bond donors (Lipinski definition) is 1. The van der Waals surface area contributed by atoms with E-state index in [0.29, 0.717) is 4.88 Å². The molecule has 2 aromatic heterocycles. The lowest BCUT2D eigenvalue weighted by Gasteiger charge is -1.85. The van der Waals surface area contributed by atoms with E-state index in [1.165, 1.54) is 22.7 Å². The molecule has 2 aromatic rings. The summed E-state index contributed by atoms with van der Waals surface area (Å²) in [4.78, 5) is 20.1. The van der Waals surface area contributed by atoms with E-state index in [0.717, 1.165) is 26.3 Å². The van der Waals surface area contributed by atoms with Gasteiger partial charge in [-0.2, -0.15) is 5.26 Å². The van der Waals surface area contributed by atoms with Gasteiger partial charge in [0.25, 0.3) is 5.91 Å². The fraction of sp³-hybridized carbons (Fsp3) is 0.333. The first kappa shape index (κ1) is 15.3. The number of thiazole rings is 2. The van der Waals surface area contributed by atoms with Crippen molar-refractivity contribution in [2.75, 3.05) is 0 Å². The number of carbonyl (C=O) groups is 1. The first-order chi connectivity index (χ1) is 8.85. The third-order valence-electron chi connectivity index (χ3n) is 2.13. The molecule has 2 N–H and O–H groups in total. The molecule has 2 rings (SSSR count). The molecular formula is C12H14N4OS2. The molecule has 2 heterocycles. The van der Waals surface area contributed by atoms with Gasteiger partial charge in [0.05, 0.1) is 21.4 Å². The van der Waals surface area contributed by atoms with Gasteiger partial charge in [-0.3, -0.25) is 4.79 Å². The number of amides is 1. The van der Waals surface area contributed by atoms with Crippen molar-refractivity contribution in [2.45, 2.75) is 27.7 Å². The maximum atomic E-state index is 10.6. The minimum atomic E-state index is -0.386. The summed E-state index contributed by atoms with van der Waals surface area (Å²) in [5.41, 5.74) is 6.64. The molecule has 0 fully saturated rings. The molecule has 5 nitrogen and oxygen atoms in total. The van der Waals surface area contributed by atoms with Crippen LogP contribution in [0.15, 0.2) is 0 Å². The van der Waals surface area contributed by atoms with E-state index in [-0.39, 0.29) is 5.91 Å². The molecule has 0 bridgehead atoms. The van der Waals surface area contributed by atoms with Crippen LogP contribution in [0.5, 0.6) is 0 Å². The summed E-state index contributed by atoms with van der Waals surface area (Å²) >= 11 is 2.78. The quantitative estimate of drug-likeness (QED) is 0.874. The number of primary amides is 1. The first-order valence-electron chi connectivity index (χ1n) is 5.43. The predicted molar refractivity (Wildman–Crippen MR) is 76.4 cm³/mol.